The van der Waals surface area contributed by atoms with Gasteiger partial charge in [-0.05, 0) is 39.8 Å². The molecular formula is C17H19BClNO3. The average Bonchev–Trinajstić information content (AvgIpc) is 2.85. The van der Waals surface area contributed by atoms with Crippen LogP contribution in [0.1, 0.15) is 27.7 Å². The highest BCUT2D eigenvalue weighted by Crippen LogP contribution is 2.32. The fourth-order valence-corrected chi connectivity index (χ4v) is 2.53. The van der Waals surface area contributed by atoms with Crippen molar-refractivity contribution in [3.05, 3.63) is 35.5 Å². The van der Waals surface area contributed by atoms with Crippen LogP contribution in [0.4, 0.5) is 0 Å². The summed E-state index contributed by atoms with van der Waals surface area (Å²) in [5, 5.41) is 12.6. The number of hydrogen-bond acceptors (Lipinski definition) is 4. The molecule has 6 heteroatoms. The van der Waals surface area contributed by atoms with Crippen molar-refractivity contribution in [2.24, 2.45) is 0 Å². The van der Waals surface area contributed by atoms with Crippen molar-refractivity contribution in [2.45, 2.75) is 38.9 Å². The largest absolute Gasteiger partial charge is 0.454 e. The number of benzene rings is 1. The molecule has 0 aliphatic carbocycles. The Labute approximate surface area is 140 Å². The monoisotopic (exact) mass is 331 g/mol. The van der Waals surface area contributed by atoms with Crippen LogP contribution in [0.15, 0.2) is 34.9 Å². The maximum atomic E-state index is 10.2. The quantitative estimate of drug-likeness (QED) is 0.746. The van der Waals surface area contributed by atoms with Crippen LogP contribution in [0.3, 0.4) is 0 Å². The van der Waals surface area contributed by atoms with Gasteiger partial charge in [0.15, 0.2) is 5.58 Å². The van der Waals surface area contributed by atoms with E-state index in [9.17, 15) is 5.11 Å². The first-order valence-corrected chi connectivity index (χ1v) is 7.89. The fourth-order valence-electron chi connectivity index (χ4n) is 2.31. The van der Waals surface area contributed by atoms with Gasteiger partial charge in [0.2, 0.25) is 0 Å². The predicted molar refractivity (Wildman–Crippen MR) is 94.8 cm³/mol. The molecule has 0 aliphatic heterocycles. The summed E-state index contributed by atoms with van der Waals surface area (Å²) in [6.07, 6.45) is 1.69. The van der Waals surface area contributed by atoms with Gasteiger partial charge in [-0.15, -0.1) is 0 Å². The van der Waals surface area contributed by atoms with Crippen LogP contribution in [-0.4, -0.2) is 28.8 Å². The Hall–Kier alpha value is -1.56. The second kappa shape index (κ2) is 5.51. The predicted octanol–water partition coefficient (Wildman–Crippen LogP) is 3.18. The number of nitrogens with zero attached hydrogens (tertiary/aromatic N) is 1. The summed E-state index contributed by atoms with van der Waals surface area (Å²) in [6.45, 7) is 7.18. The molecule has 4 nitrogen and oxygen atoms in total. The van der Waals surface area contributed by atoms with E-state index >= 15 is 0 Å². The first-order valence-electron chi connectivity index (χ1n) is 7.52. The third-order valence-electron chi connectivity index (χ3n) is 4.48. The third-order valence-corrected chi connectivity index (χ3v) is 4.78. The van der Waals surface area contributed by atoms with Crippen LogP contribution in [0.5, 0.6) is 0 Å². The Balaban J connectivity index is 2.05. The van der Waals surface area contributed by atoms with Crippen LogP contribution in [0.2, 0.25) is 5.02 Å². The van der Waals surface area contributed by atoms with E-state index in [0.29, 0.717) is 10.6 Å². The Morgan fingerprint density at radius 1 is 1.22 bits per heavy atom. The molecule has 0 amide bonds. The fraction of sp³-hybridized carbons (Fsp3) is 0.353. The molecule has 120 valence electrons. The van der Waals surface area contributed by atoms with Crippen LogP contribution < -0.4 is 5.59 Å². The number of halogens is 1. The summed E-state index contributed by atoms with van der Waals surface area (Å²) in [5.41, 5.74) is 0.459. The Morgan fingerprint density at radius 2 is 1.96 bits per heavy atom. The molecule has 0 bridgehead atoms. The molecule has 0 spiro atoms. The van der Waals surface area contributed by atoms with Gasteiger partial charge < -0.3 is 14.2 Å². The summed E-state index contributed by atoms with van der Waals surface area (Å²) < 4.78 is 11.8. The molecule has 23 heavy (non-hydrogen) atoms. The number of rotatable bonds is 4. The van der Waals surface area contributed by atoms with Crippen molar-refractivity contribution in [3.63, 3.8) is 0 Å². The van der Waals surface area contributed by atoms with E-state index in [-0.39, 0.29) is 7.48 Å². The average molecular weight is 332 g/mol. The molecule has 0 aliphatic rings. The van der Waals surface area contributed by atoms with Gasteiger partial charge in [0.05, 0.1) is 16.2 Å². The Bertz CT molecular complexity index is 867. The highest BCUT2D eigenvalue weighted by Gasteiger charge is 2.36. The molecule has 3 rings (SSSR count). The number of hydrogen-bond donors (Lipinski definition) is 1. The van der Waals surface area contributed by atoms with Gasteiger partial charge in [-0.1, -0.05) is 23.7 Å². The van der Waals surface area contributed by atoms with E-state index in [0.717, 1.165) is 21.9 Å². The van der Waals surface area contributed by atoms with E-state index in [2.05, 4.69) is 4.98 Å². The SMILES string of the molecule is CC(C)(O)C(C)(C)OBc1nccc2oc3c(Cl)cccc3c12. The van der Waals surface area contributed by atoms with Crippen molar-refractivity contribution < 1.29 is 14.2 Å². The lowest BCUT2D eigenvalue weighted by Crippen LogP contribution is -2.49. The number of furan rings is 1. The van der Waals surface area contributed by atoms with Crippen LogP contribution in [-0.2, 0) is 4.65 Å². The normalized spacial score (nSPS) is 13.0. The smallest absolute Gasteiger partial charge is 0.330 e. The standard InChI is InChI=1S/C17H19BClNO3/c1-16(2,21)17(3,4)23-18-15-13-10-6-5-7-11(19)14(10)22-12(13)8-9-20-15/h5-9,18,21H,1-4H3. The zero-order valence-corrected chi connectivity index (χ0v) is 14.4. The molecule has 0 unspecified atom stereocenters. The van der Waals surface area contributed by atoms with Gasteiger partial charge >= 0.3 is 7.48 Å². The molecule has 1 N–H and O–H groups in total. The van der Waals surface area contributed by atoms with Crippen molar-refractivity contribution in [2.75, 3.05) is 0 Å². The zero-order chi connectivity index (χ0) is 16.8. The van der Waals surface area contributed by atoms with Gasteiger partial charge in [-0.25, -0.2) is 0 Å². The molecule has 0 saturated heterocycles. The number of aliphatic hydroxyl groups is 1. The highest BCUT2D eigenvalue weighted by atomic mass is 35.5. The van der Waals surface area contributed by atoms with Gasteiger partial charge in [-0.2, -0.15) is 0 Å². The summed E-state index contributed by atoms with van der Waals surface area (Å²) in [7, 11) is 0.273. The molecule has 2 aromatic heterocycles. The van der Waals surface area contributed by atoms with Crippen LogP contribution >= 0.6 is 11.6 Å². The van der Waals surface area contributed by atoms with Crippen molar-refractivity contribution in [1.82, 2.24) is 4.98 Å². The zero-order valence-electron chi connectivity index (χ0n) is 13.7. The number of fused-ring (bicyclic) bond motifs is 3. The molecule has 2 heterocycles. The van der Waals surface area contributed by atoms with E-state index in [1.165, 1.54) is 0 Å². The summed E-state index contributed by atoms with van der Waals surface area (Å²) in [5.74, 6) is 0. The minimum atomic E-state index is -0.970. The lowest BCUT2D eigenvalue weighted by Gasteiger charge is -2.37. The van der Waals surface area contributed by atoms with Crippen LogP contribution in [0, 0.1) is 0 Å². The second-order valence-corrected chi connectivity index (χ2v) is 7.11. The summed E-state index contributed by atoms with van der Waals surface area (Å²) >= 11 is 6.21. The first-order chi connectivity index (χ1) is 10.7. The lowest BCUT2D eigenvalue weighted by atomic mass is 9.84. The van der Waals surface area contributed by atoms with Gasteiger partial charge in [0.25, 0.3) is 0 Å². The van der Waals surface area contributed by atoms with Gasteiger partial charge in [0.1, 0.15) is 5.58 Å². The molecule has 1 aromatic carbocycles. The molecule has 0 radical (unpaired) electrons. The lowest BCUT2D eigenvalue weighted by molar-refractivity contribution is -0.0893. The highest BCUT2D eigenvalue weighted by molar-refractivity contribution is 6.51. The Kier molecular flexibility index (Phi) is 3.91. The van der Waals surface area contributed by atoms with Crippen molar-refractivity contribution >= 4 is 46.6 Å². The molecule has 0 atom stereocenters. The number of para-hydroxylation sites is 1. The maximum absolute atomic E-state index is 10.2. The summed E-state index contributed by atoms with van der Waals surface area (Å²) in [6, 6.07) is 7.46. The molecule has 3 aromatic rings. The van der Waals surface area contributed by atoms with E-state index in [1.54, 1.807) is 26.1 Å². The number of pyridine rings is 1. The first kappa shape index (κ1) is 16.3. The van der Waals surface area contributed by atoms with Crippen molar-refractivity contribution in [1.29, 1.82) is 0 Å². The minimum absolute atomic E-state index is 0.273. The molecular weight excluding hydrogens is 312 g/mol. The Morgan fingerprint density at radius 3 is 2.65 bits per heavy atom. The van der Waals surface area contributed by atoms with E-state index < -0.39 is 11.2 Å². The second-order valence-electron chi connectivity index (χ2n) is 6.71. The van der Waals surface area contributed by atoms with E-state index in [1.807, 2.05) is 32.0 Å². The van der Waals surface area contributed by atoms with Gasteiger partial charge in [0, 0.05) is 22.6 Å². The van der Waals surface area contributed by atoms with Crippen molar-refractivity contribution in [3.8, 4) is 0 Å². The topological polar surface area (TPSA) is 55.5 Å². The van der Waals surface area contributed by atoms with Crippen LogP contribution in [0.25, 0.3) is 21.9 Å². The van der Waals surface area contributed by atoms with Gasteiger partial charge in [-0.3, -0.25) is 4.98 Å². The number of aromatic nitrogens is 1. The molecule has 0 saturated carbocycles. The third kappa shape index (κ3) is 2.85. The molecule has 0 fully saturated rings. The van der Waals surface area contributed by atoms with E-state index in [4.69, 9.17) is 20.7 Å². The summed E-state index contributed by atoms with van der Waals surface area (Å²) in [4.78, 5) is 4.43. The minimum Gasteiger partial charge on any atom is -0.454 e. The maximum Gasteiger partial charge on any atom is 0.330 e.